The first kappa shape index (κ1) is 9.03. The third-order valence-corrected chi connectivity index (χ3v) is 2.76. The fraction of sp³-hybridized carbons (Fsp3) is 0.625. The molecule has 1 atom stereocenters. The highest BCUT2D eigenvalue weighted by molar-refractivity contribution is 14.1. The predicted octanol–water partition coefficient (Wildman–Crippen LogP) is 2.15. The van der Waals surface area contributed by atoms with Crippen LogP contribution in [0.5, 0.6) is 0 Å². The minimum atomic E-state index is 0.158. The zero-order chi connectivity index (χ0) is 8.43. The zero-order valence-corrected chi connectivity index (χ0v) is 8.96. The van der Waals surface area contributed by atoms with Gasteiger partial charge in [-0.05, 0) is 13.3 Å². The highest BCUT2D eigenvalue weighted by atomic mass is 127. The van der Waals surface area contributed by atoms with Crippen LogP contribution >= 0.6 is 22.9 Å². The SMILES string of the molecule is CC1=CCN(I)C(=O)C(C)C1. The van der Waals surface area contributed by atoms with Crippen molar-refractivity contribution in [1.82, 2.24) is 3.11 Å². The lowest BCUT2D eigenvalue weighted by atomic mass is 10.0. The predicted molar refractivity (Wildman–Crippen MR) is 53.3 cm³/mol. The van der Waals surface area contributed by atoms with Crippen molar-refractivity contribution < 1.29 is 4.79 Å². The molecule has 0 aromatic heterocycles. The second-order valence-corrected chi connectivity index (χ2v) is 4.20. The molecule has 1 heterocycles. The Morgan fingerprint density at radius 1 is 1.73 bits per heavy atom. The van der Waals surface area contributed by atoms with E-state index in [1.807, 2.05) is 6.92 Å². The topological polar surface area (TPSA) is 20.3 Å². The number of carbonyl (C=O) groups is 1. The number of allylic oxidation sites excluding steroid dienone is 1. The Morgan fingerprint density at radius 2 is 2.36 bits per heavy atom. The van der Waals surface area contributed by atoms with Crippen LogP contribution in [-0.2, 0) is 4.79 Å². The van der Waals surface area contributed by atoms with Crippen LogP contribution in [-0.4, -0.2) is 15.6 Å². The Kier molecular flexibility index (Phi) is 2.92. The molecule has 3 heteroatoms. The normalized spacial score (nSPS) is 26.5. The summed E-state index contributed by atoms with van der Waals surface area (Å²) in [6, 6.07) is 0. The van der Waals surface area contributed by atoms with E-state index in [2.05, 4.69) is 35.9 Å². The van der Waals surface area contributed by atoms with E-state index in [0.29, 0.717) is 0 Å². The molecule has 11 heavy (non-hydrogen) atoms. The molecule has 0 fully saturated rings. The third-order valence-electron chi connectivity index (χ3n) is 1.89. The molecule has 1 amide bonds. The van der Waals surface area contributed by atoms with Crippen molar-refractivity contribution in [3.63, 3.8) is 0 Å². The van der Waals surface area contributed by atoms with E-state index in [4.69, 9.17) is 0 Å². The number of halogens is 1. The van der Waals surface area contributed by atoms with Crippen molar-refractivity contribution >= 4 is 28.8 Å². The lowest BCUT2D eigenvalue weighted by molar-refractivity contribution is -0.128. The molecular weight excluding hydrogens is 253 g/mol. The molecular formula is C8H12INO. The van der Waals surface area contributed by atoms with E-state index in [1.165, 1.54) is 5.57 Å². The first-order valence-electron chi connectivity index (χ1n) is 3.74. The number of nitrogens with zero attached hydrogens (tertiary/aromatic N) is 1. The van der Waals surface area contributed by atoms with E-state index >= 15 is 0 Å². The van der Waals surface area contributed by atoms with Crippen molar-refractivity contribution in [2.24, 2.45) is 5.92 Å². The van der Waals surface area contributed by atoms with Gasteiger partial charge in [-0.2, -0.15) is 0 Å². The maximum absolute atomic E-state index is 11.4. The maximum Gasteiger partial charge on any atom is 0.234 e. The number of rotatable bonds is 0. The summed E-state index contributed by atoms with van der Waals surface area (Å²) in [6.45, 7) is 4.83. The van der Waals surface area contributed by atoms with Gasteiger partial charge in [0.2, 0.25) is 5.91 Å². The number of hydrogen-bond acceptors (Lipinski definition) is 1. The summed E-state index contributed by atoms with van der Waals surface area (Å²) in [6.07, 6.45) is 3.03. The fourth-order valence-corrected chi connectivity index (χ4v) is 1.89. The van der Waals surface area contributed by atoms with Crippen LogP contribution < -0.4 is 0 Å². The van der Waals surface area contributed by atoms with Gasteiger partial charge in [-0.1, -0.05) is 18.6 Å². The van der Waals surface area contributed by atoms with Gasteiger partial charge in [0.1, 0.15) is 0 Å². The van der Waals surface area contributed by atoms with Crippen molar-refractivity contribution in [3.8, 4) is 0 Å². The van der Waals surface area contributed by atoms with Crippen molar-refractivity contribution in [3.05, 3.63) is 11.6 Å². The van der Waals surface area contributed by atoms with Gasteiger partial charge in [-0.25, -0.2) is 0 Å². The summed E-state index contributed by atoms with van der Waals surface area (Å²) in [5.41, 5.74) is 1.32. The van der Waals surface area contributed by atoms with E-state index < -0.39 is 0 Å². The Balaban J connectivity index is 2.73. The lowest BCUT2D eigenvalue weighted by Gasteiger charge is -2.13. The molecule has 0 N–H and O–H groups in total. The number of amides is 1. The largest absolute Gasteiger partial charge is 0.281 e. The van der Waals surface area contributed by atoms with Gasteiger partial charge in [0.15, 0.2) is 0 Å². The standard InChI is InChI=1S/C8H12INO/c1-6-3-4-10(9)8(11)7(2)5-6/h3,7H,4-5H2,1-2H3. The molecule has 0 spiro atoms. The Bertz CT molecular complexity index is 200. The van der Waals surface area contributed by atoms with Crippen LogP contribution in [0.1, 0.15) is 20.3 Å². The molecule has 2 nitrogen and oxygen atoms in total. The summed E-state index contributed by atoms with van der Waals surface area (Å²) in [5, 5.41) is 0. The van der Waals surface area contributed by atoms with Crippen molar-refractivity contribution in [2.45, 2.75) is 20.3 Å². The van der Waals surface area contributed by atoms with Crippen LogP contribution in [0.15, 0.2) is 11.6 Å². The first-order chi connectivity index (χ1) is 5.11. The summed E-state index contributed by atoms with van der Waals surface area (Å²) in [5.74, 6) is 0.407. The van der Waals surface area contributed by atoms with Crippen LogP contribution in [0.2, 0.25) is 0 Å². The Morgan fingerprint density at radius 3 is 3.00 bits per heavy atom. The van der Waals surface area contributed by atoms with E-state index in [9.17, 15) is 4.79 Å². The minimum absolute atomic E-state index is 0.158. The summed E-state index contributed by atoms with van der Waals surface area (Å²) in [4.78, 5) is 11.4. The molecule has 0 saturated carbocycles. The highest BCUT2D eigenvalue weighted by Crippen LogP contribution is 2.19. The minimum Gasteiger partial charge on any atom is -0.281 e. The fourth-order valence-electron chi connectivity index (χ4n) is 1.22. The molecule has 1 aliphatic rings. The molecule has 0 aromatic carbocycles. The molecule has 1 aliphatic heterocycles. The second-order valence-electron chi connectivity index (χ2n) is 3.04. The van der Waals surface area contributed by atoms with Gasteiger partial charge in [0, 0.05) is 12.5 Å². The maximum atomic E-state index is 11.4. The van der Waals surface area contributed by atoms with E-state index in [-0.39, 0.29) is 11.8 Å². The van der Waals surface area contributed by atoms with E-state index in [1.54, 1.807) is 3.11 Å². The Hall–Kier alpha value is -0.0600. The van der Waals surface area contributed by atoms with Crippen LogP contribution in [0, 0.1) is 5.92 Å². The van der Waals surface area contributed by atoms with Crippen LogP contribution in [0.25, 0.3) is 0 Å². The summed E-state index contributed by atoms with van der Waals surface area (Å²) >= 11 is 2.07. The van der Waals surface area contributed by atoms with Gasteiger partial charge in [0.25, 0.3) is 0 Å². The Labute approximate surface area is 81.1 Å². The number of carbonyl (C=O) groups excluding carboxylic acids is 1. The average Bonchev–Trinajstić information content (AvgIpc) is 2.05. The summed E-state index contributed by atoms with van der Waals surface area (Å²) in [7, 11) is 0. The van der Waals surface area contributed by atoms with Gasteiger partial charge < -0.3 is 0 Å². The van der Waals surface area contributed by atoms with E-state index in [0.717, 1.165) is 13.0 Å². The molecule has 0 radical (unpaired) electrons. The van der Waals surface area contributed by atoms with Crippen molar-refractivity contribution in [1.29, 1.82) is 0 Å². The molecule has 62 valence electrons. The molecule has 0 bridgehead atoms. The quantitative estimate of drug-likeness (QED) is 0.373. The zero-order valence-electron chi connectivity index (χ0n) is 6.80. The van der Waals surface area contributed by atoms with Crippen molar-refractivity contribution in [2.75, 3.05) is 6.54 Å². The number of hydrogen-bond donors (Lipinski definition) is 0. The average molecular weight is 265 g/mol. The van der Waals surface area contributed by atoms with Gasteiger partial charge in [-0.3, -0.25) is 7.91 Å². The molecule has 0 aliphatic carbocycles. The van der Waals surface area contributed by atoms with Gasteiger partial charge in [-0.15, -0.1) is 0 Å². The molecule has 0 saturated heterocycles. The van der Waals surface area contributed by atoms with Gasteiger partial charge >= 0.3 is 0 Å². The second kappa shape index (κ2) is 3.56. The molecule has 0 aromatic rings. The highest BCUT2D eigenvalue weighted by Gasteiger charge is 2.20. The smallest absolute Gasteiger partial charge is 0.234 e. The van der Waals surface area contributed by atoms with Crippen LogP contribution in [0.4, 0.5) is 0 Å². The first-order valence-corrected chi connectivity index (χ1v) is 4.70. The molecule has 1 rings (SSSR count). The van der Waals surface area contributed by atoms with Crippen LogP contribution in [0.3, 0.4) is 0 Å². The third kappa shape index (κ3) is 2.18. The molecule has 1 unspecified atom stereocenters. The van der Waals surface area contributed by atoms with Gasteiger partial charge in [0.05, 0.1) is 22.9 Å². The summed E-state index contributed by atoms with van der Waals surface area (Å²) < 4.78 is 1.75. The lowest BCUT2D eigenvalue weighted by Crippen LogP contribution is -2.24. The monoisotopic (exact) mass is 265 g/mol.